The van der Waals surface area contributed by atoms with Crippen molar-refractivity contribution in [1.82, 2.24) is 9.55 Å². The van der Waals surface area contributed by atoms with Crippen LogP contribution < -0.4 is 11.4 Å². The van der Waals surface area contributed by atoms with Gasteiger partial charge in [-0.05, 0) is 11.6 Å². The molecule has 10 nitrogen and oxygen atoms in total. The van der Waals surface area contributed by atoms with Gasteiger partial charge in [0.05, 0.1) is 12.7 Å². The number of hydrogen-bond acceptors (Lipinski definition) is 7. The van der Waals surface area contributed by atoms with Gasteiger partial charge in [-0.1, -0.05) is 12.0 Å². The Morgan fingerprint density at radius 2 is 2.45 bits per heavy atom. The molecule has 0 aliphatic carbocycles. The molecule has 0 amide bonds. The zero-order chi connectivity index (χ0) is 14.9. The minimum absolute atomic E-state index is 0.0564. The zero-order valence-corrected chi connectivity index (χ0v) is 10.6. The van der Waals surface area contributed by atoms with E-state index in [1.165, 1.54) is 12.3 Å². The fourth-order valence-electron chi connectivity index (χ4n) is 2.20. The summed E-state index contributed by atoms with van der Waals surface area (Å²) in [7, 11) is 0. The lowest BCUT2D eigenvalue weighted by atomic mass is 9.98. The fourth-order valence-corrected chi connectivity index (χ4v) is 2.20. The second kappa shape index (κ2) is 5.10. The van der Waals surface area contributed by atoms with Gasteiger partial charge in [0, 0.05) is 17.0 Å². The number of nitrogens with zero attached hydrogens (tertiary/aromatic N) is 5. The first-order chi connectivity index (χ1) is 9.45. The van der Waals surface area contributed by atoms with E-state index in [1.807, 2.05) is 0 Å². The van der Waals surface area contributed by atoms with Gasteiger partial charge in [-0.25, -0.2) is 4.79 Å². The van der Waals surface area contributed by atoms with Crippen LogP contribution in [0.1, 0.15) is 13.2 Å². The Labute approximate surface area is 113 Å². The lowest BCUT2D eigenvalue weighted by molar-refractivity contribution is -0.124. The van der Waals surface area contributed by atoms with Crippen molar-refractivity contribution < 1.29 is 14.9 Å². The zero-order valence-electron chi connectivity index (χ0n) is 10.6. The van der Waals surface area contributed by atoms with Crippen LogP contribution >= 0.6 is 0 Å². The van der Waals surface area contributed by atoms with Crippen molar-refractivity contribution in [3.8, 4) is 0 Å². The summed E-state index contributed by atoms with van der Waals surface area (Å²) < 4.78 is 6.55. The van der Waals surface area contributed by atoms with E-state index in [9.17, 15) is 15.0 Å². The van der Waals surface area contributed by atoms with Crippen LogP contribution in [0.15, 0.2) is 22.2 Å². The number of aliphatic hydroxyl groups excluding tert-OH is 2. The standard InChI is InChI=1S/C10H14N6O4/c1-5-7(18)10(4-17,14-15-12)20-8(5)16-3-2-6(11)13-9(16)19/h2-3,5,7-8,17-18H,4H2,1H3,(H2,11,13,19). The van der Waals surface area contributed by atoms with Crippen LogP contribution in [0.5, 0.6) is 0 Å². The highest BCUT2D eigenvalue weighted by Gasteiger charge is 2.53. The Morgan fingerprint density at radius 3 is 3.00 bits per heavy atom. The Hall–Kier alpha value is -2.13. The van der Waals surface area contributed by atoms with E-state index in [0.717, 1.165) is 4.57 Å². The number of azide groups is 1. The molecule has 1 aromatic rings. The van der Waals surface area contributed by atoms with Gasteiger partial charge in [0.2, 0.25) is 0 Å². The Morgan fingerprint density at radius 1 is 1.75 bits per heavy atom. The van der Waals surface area contributed by atoms with Gasteiger partial charge in [-0.3, -0.25) is 4.57 Å². The lowest BCUT2D eigenvalue weighted by Crippen LogP contribution is -2.42. The third kappa shape index (κ3) is 2.10. The molecule has 1 aliphatic heterocycles. The molecule has 0 saturated carbocycles. The van der Waals surface area contributed by atoms with E-state index in [-0.39, 0.29) is 5.82 Å². The largest absolute Gasteiger partial charge is 0.393 e. The summed E-state index contributed by atoms with van der Waals surface area (Å²) in [6.45, 7) is 0.888. The predicted octanol–water partition coefficient (Wildman–Crippen LogP) is -0.650. The van der Waals surface area contributed by atoms with Crippen LogP contribution in [0.3, 0.4) is 0 Å². The minimum Gasteiger partial charge on any atom is -0.393 e. The third-order valence-electron chi connectivity index (χ3n) is 3.30. The van der Waals surface area contributed by atoms with Gasteiger partial charge in [0.15, 0.2) is 5.72 Å². The van der Waals surface area contributed by atoms with E-state index in [2.05, 4.69) is 15.0 Å². The van der Waals surface area contributed by atoms with Crippen molar-refractivity contribution in [2.45, 2.75) is 25.0 Å². The van der Waals surface area contributed by atoms with E-state index in [0.29, 0.717) is 0 Å². The minimum atomic E-state index is -1.82. The maximum Gasteiger partial charge on any atom is 0.351 e. The number of aromatic nitrogens is 2. The summed E-state index contributed by atoms with van der Waals surface area (Å²) in [4.78, 5) is 17.9. The Balaban J connectivity index is 2.45. The Bertz CT molecular complexity index is 612. The molecule has 108 valence electrons. The molecule has 2 heterocycles. The molecule has 0 spiro atoms. The fraction of sp³-hybridized carbons (Fsp3) is 0.600. The van der Waals surface area contributed by atoms with Gasteiger partial charge in [0.25, 0.3) is 0 Å². The number of ether oxygens (including phenoxy) is 1. The summed E-state index contributed by atoms with van der Waals surface area (Å²) >= 11 is 0. The van der Waals surface area contributed by atoms with E-state index >= 15 is 0 Å². The first kappa shape index (κ1) is 14.3. The van der Waals surface area contributed by atoms with Gasteiger partial charge >= 0.3 is 5.69 Å². The molecule has 0 bridgehead atoms. The maximum atomic E-state index is 11.8. The molecule has 1 fully saturated rings. The number of rotatable bonds is 3. The van der Waals surface area contributed by atoms with Crippen LogP contribution in [0.25, 0.3) is 10.4 Å². The van der Waals surface area contributed by atoms with Crippen molar-refractivity contribution >= 4 is 5.82 Å². The summed E-state index contributed by atoms with van der Waals surface area (Å²) in [5.41, 5.74) is 11.4. The van der Waals surface area contributed by atoms with Crippen LogP contribution in [-0.2, 0) is 4.74 Å². The number of hydrogen-bond donors (Lipinski definition) is 3. The molecule has 0 aromatic carbocycles. The molecule has 4 N–H and O–H groups in total. The first-order valence-electron chi connectivity index (χ1n) is 5.83. The summed E-state index contributed by atoms with van der Waals surface area (Å²) in [6.07, 6.45) is -0.830. The smallest absolute Gasteiger partial charge is 0.351 e. The SMILES string of the molecule is CC1C(n2ccc(N)nc2=O)OC(CO)(N=[N+]=[N-])C1O. The molecule has 1 aromatic heterocycles. The molecular weight excluding hydrogens is 268 g/mol. The highest BCUT2D eigenvalue weighted by atomic mass is 16.6. The molecule has 20 heavy (non-hydrogen) atoms. The van der Waals surface area contributed by atoms with Crippen molar-refractivity contribution in [3.05, 3.63) is 33.2 Å². The maximum absolute atomic E-state index is 11.8. The average molecular weight is 282 g/mol. The molecular formula is C10H14N6O4. The van der Waals surface area contributed by atoms with Crippen LogP contribution in [0.4, 0.5) is 5.82 Å². The molecule has 10 heteroatoms. The molecule has 4 atom stereocenters. The van der Waals surface area contributed by atoms with Crippen molar-refractivity contribution in [2.24, 2.45) is 11.0 Å². The molecule has 0 radical (unpaired) electrons. The number of nitrogens with two attached hydrogens (primary N) is 1. The van der Waals surface area contributed by atoms with E-state index < -0.39 is 36.3 Å². The summed E-state index contributed by atoms with van der Waals surface area (Å²) in [6, 6.07) is 1.40. The van der Waals surface area contributed by atoms with Crippen LogP contribution in [-0.4, -0.2) is 38.2 Å². The normalized spacial score (nSPS) is 32.9. The summed E-state index contributed by atoms with van der Waals surface area (Å²) in [5, 5.41) is 22.8. The monoisotopic (exact) mass is 282 g/mol. The number of aliphatic hydroxyl groups is 2. The quantitative estimate of drug-likeness (QED) is 0.379. The van der Waals surface area contributed by atoms with Crippen LogP contribution in [0, 0.1) is 5.92 Å². The molecule has 1 saturated heterocycles. The van der Waals surface area contributed by atoms with E-state index in [1.54, 1.807) is 6.92 Å². The average Bonchev–Trinajstić information content (AvgIpc) is 2.65. The first-order valence-corrected chi connectivity index (χ1v) is 5.83. The second-order valence-corrected chi connectivity index (χ2v) is 4.55. The molecule has 4 unspecified atom stereocenters. The molecule has 1 aliphatic rings. The van der Waals surface area contributed by atoms with Crippen molar-refractivity contribution in [3.63, 3.8) is 0 Å². The third-order valence-corrected chi connectivity index (χ3v) is 3.30. The van der Waals surface area contributed by atoms with Crippen molar-refractivity contribution in [1.29, 1.82) is 0 Å². The predicted molar refractivity (Wildman–Crippen MR) is 67.2 cm³/mol. The van der Waals surface area contributed by atoms with Gasteiger partial charge in [0.1, 0.15) is 12.0 Å². The van der Waals surface area contributed by atoms with Crippen molar-refractivity contribution in [2.75, 3.05) is 12.3 Å². The topological polar surface area (TPSA) is 159 Å². The van der Waals surface area contributed by atoms with Gasteiger partial charge in [-0.15, -0.1) is 0 Å². The van der Waals surface area contributed by atoms with Gasteiger partial charge < -0.3 is 20.7 Å². The number of anilines is 1. The summed E-state index contributed by atoms with van der Waals surface area (Å²) in [5.74, 6) is -0.545. The lowest BCUT2D eigenvalue weighted by Gasteiger charge is -2.24. The molecule has 2 rings (SSSR count). The second-order valence-electron chi connectivity index (χ2n) is 4.55. The highest BCUT2D eigenvalue weighted by molar-refractivity contribution is 5.23. The highest BCUT2D eigenvalue weighted by Crippen LogP contribution is 2.41. The van der Waals surface area contributed by atoms with Crippen LogP contribution in [0.2, 0.25) is 0 Å². The van der Waals surface area contributed by atoms with E-state index in [4.69, 9.17) is 16.0 Å². The number of nitrogen functional groups attached to an aromatic ring is 1. The van der Waals surface area contributed by atoms with Gasteiger partial charge in [-0.2, -0.15) is 4.98 Å². The Kier molecular flexibility index (Phi) is 3.64.